The molecule has 1 saturated carbocycles. The molecule has 0 unspecified atom stereocenters. The Balaban J connectivity index is 2.21. The van der Waals surface area contributed by atoms with Crippen LogP contribution in [0.25, 0.3) is 0 Å². The minimum absolute atomic E-state index is 0.0252. The number of carbonyl (C=O) groups is 2. The first-order valence-corrected chi connectivity index (χ1v) is 8.02. The van der Waals surface area contributed by atoms with Gasteiger partial charge in [-0.1, -0.05) is 27.2 Å². The fraction of sp³-hybridized carbons (Fsp3) is 0.765. The molecular formula is C17H24O6. The maximum absolute atomic E-state index is 12.3. The van der Waals surface area contributed by atoms with E-state index in [1.807, 2.05) is 6.92 Å². The van der Waals surface area contributed by atoms with E-state index in [0.717, 1.165) is 19.3 Å². The maximum atomic E-state index is 12.3. The van der Waals surface area contributed by atoms with E-state index >= 15 is 0 Å². The van der Waals surface area contributed by atoms with Crippen LogP contribution >= 0.6 is 0 Å². The van der Waals surface area contributed by atoms with E-state index in [2.05, 4.69) is 13.8 Å². The van der Waals surface area contributed by atoms with Crippen molar-refractivity contribution in [1.29, 1.82) is 0 Å². The predicted octanol–water partition coefficient (Wildman–Crippen LogP) is 2.20. The lowest BCUT2D eigenvalue weighted by Crippen LogP contribution is -2.65. The van der Waals surface area contributed by atoms with Crippen LogP contribution in [0.2, 0.25) is 0 Å². The lowest BCUT2D eigenvalue weighted by Gasteiger charge is -2.59. The van der Waals surface area contributed by atoms with Crippen LogP contribution in [0.3, 0.4) is 0 Å². The van der Waals surface area contributed by atoms with Crippen molar-refractivity contribution >= 4 is 12.1 Å². The van der Waals surface area contributed by atoms with Crippen LogP contribution in [0.15, 0.2) is 11.6 Å². The molecular weight excluding hydrogens is 300 g/mol. The molecule has 3 rings (SSSR count). The number of hydrogen-bond donors (Lipinski definition) is 1. The van der Waals surface area contributed by atoms with Crippen molar-refractivity contribution in [3.05, 3.63) is 11.6 Å². The second-order valence-electron chi connectivity index (χ2n) is 7.77. The molecule has 0 aromatic rings. The van der Waals surface area contributed by atoms with Gasteiger partial charge in [0.05, 0.1) is 18.8 Å². The Morgan fingerprint density at radius 1 is 1.35 bits per heavy atom. The third kappa shape index (κ3) is 2.04. The van der Waals surface area contributed by atoms with Crippen LogP contribution in [0.1, 0.15) is 40.0 Å². The molecule has 1 N–H and O–H groups in total. The van der Waals surface area contributed by atoms with Gasteiger partial charge in [0, 0.05) is 11.3 Å². The highest BCUT2D eigenvalue weighted by atomic mass is 16.8. The van der Waals surface area contributed by atoms with Gasteiger partial charge in [-0.2, -0.15) is 0 Å². The number of carbonyl (C=O) groups excluding carboxylic acids is 2. The Labute approximate surface area is 135 Å². The van der Waals surface area contributed by atoms with Gasteiger partial charge in [-0.05, 0) is 24.3 Å². The minimum Gasteiger partial charge on any atom is -0.466 e. The van der Waals surface area contributed by atoms with Crippen LogP contribution in [0.5, 0.6) is 0 Å². The summed E-state index contributed by atoms with van der Waals surface area (Å²) in [5, 5.41) is 10.8. The zero-order chi connectivity index (χ0) is 17.0. The summed E-state index contributed by atoms with van der Waals surface area (Å²) in [5.41, 5.74) is -1.75. The van der Waals surface area contributed by atoms with Gasteiger partial charge in [-0.15, -0.1) is 0 Å². The quantitative estimate of drug-likeness (QED) is 0.745. The number of aliphatic hydroxyl groups excluding tert-OH is 1. The Morgan fingerprint density at radius 2 is 2.04 bits per heavy atom. The zero-order valence-electron chi connectivity index (χ0n) is 14.0. The summed E-state index contributed by atoms with van der Waals surface area (Å²) in [6.07, 6.45) is 2.56. The number of aliphatic hydroxyl groups is 1. The van der Waals surface area contributed by atoms with Gasteiger partial charge in [0.2, 0.25) is 0 Å². The van der Waals surface area contributed by atoms with E-state index in [0.29, 0.717) is 0 Å². The molecule has 0 bridgehead atoms. The third-order valence-corrected chi connectivity index (χ3v) is 6.14. The minimum atomic E-state index is -1.20. The smallest absolute Gasteiger partial charge is 0.466 e. The first-order chi connectivity index (χ1) is 10.7. The average Bonchev–Trinajstić information content (AvgIpc) is 2.85. The molecule has 0 radical (unpaired) electrons. The Bertz CT molecular complexity index is 580. The molecule has 0 amide bonds. The lowest BCUT2D eigenvalue weighted by molar-refractivity contribution is -0.169. The Hall–Kier alpha value is -1.56. The summed E-state index contributed by atoms with van der Waals surface area (Å²) < 4.78 is 15.6. The van der Waals surface area contributed by atoms with Crippen LogP contribution in [0, 0.1) is 16.7 Å². The third-order valence-electron chi connectivity index (χ3n) is 6.14. The second-order valence-corrected chi connectivity index (χ2v) is 7.77. The largest absolute Gasteiger partial charge is 0.509 e. The van der Waals surface area contributed by atoms with Crippen molar-refractivity contribution in [3.63, 3.8) is 0 Å². The monoisotopic (exact) mass is 324 g/mol. The molecule has 23 heavy (non-hydrogen) atoms. The summed E-state index contributed by atoms with van der Waals surface area (Å²) in [6, 6.07) is 0. The van der Waals surface area contributed by atoms with Crippen LogP contribution in [-0.2, 0) is 19.0 Å². The van der Waals surface area contributed by atoms with Gasteiger partial charge in [-0.25, -0.2) is 9.59 Å². The molecule has 0 aromatic heterocycles. The van der Waals surface area contributed by atoms with Crippen molar-refractivity contribution in [1.82, 2.24) is 0 Å². The fourth-order valence-corrected chi connectivity index (χ4v) is 5.20. The molecule has 6 nitrogen and oxygen atoms in total. The normalized spacial score (nSPS) is 41.6. The van der Waals surface area contributed by atoms with E-state index in [1.54, 1.807) is 0 Å². The molecule has 3 aliphatic rings. The van der Waals surface area contributed by atoms with E-state index in [-0.39, 0.29) is 23.5 Å². The Morgan fingerprint density at radius 3 is 2.61 bits per heavy atom. The van der Waals surface area contributed by atoms with Gasteiger partial charge in [0.1, 0.15) is 6.61 Å². The number of ether oxygens (including phenoxy) is 3. The van der Waals surface area contributed by atoms with Crippen molar-refractivity contribution in [3.8, 4) is 0 Å². The van der Waals surface area contributed by atoms with Gasteiger partial charge in [0.15, 0.2) is 5.60 Å². The second kappa shape index (κ2) is 4.97. The molecule has 1 heterocycles. The molecule has 128 valence electrons. The first-order valence-electron chi connectivity index (χ1n) is 8.02. The topological polar surface area (TPSA) is 82.1 Å². The Kier molecular flexibility index (Phi) is 3.52. The van der Waals surface area contributed by atoms with E-state index in [1.165, 1.54) is 13.2 Å². The van der Waals surface area contributed by atoms with Crippen LogP contribution in [-0.4, -0.2) is 42.7 Å². The van der Waals surface area contributed by atoms with Gasteiger partial charge in [0.25, 0.3) is 0 Å². The highest BCUT2D eigenvalue weighted by Crippen LogP contribution is 2.63. The van der Waals surface area contributed by atoms with Crippen molar-refractivity contribution in [2.45, 2.75) is 51.7 Å². The van der Waals surface area contributed by atoms with E-state index in [4.69, 9.17) is 14.2 Å². The molecule has 2 aliphatic carbocycles. The summed E-state index contributed by atoms with van der Waals surface area (Å²) in [4.78, 5) is 24.1. The van der Waals surface area contributed by atoms with Crippen molar-refractivity contribution in [2.75, 3.05) is 13.7 Å². The number of hydrogen-bond acceptors (Lipinski definition) is 6. The van der Waals surface area contributed by atoms with Gasteiger partial charge in [-0.3, -0.25) is 0 Å². The predicted molar refractivity (Wildman–Crippen MR) is 80.5 cm³/mol. The van der Waals surface area contributed by atoms with Crippen molar-refractivity contribution < 1.29 is 28.9 Å². The molecule has 4 atom stereocenters. The number of methoxy groups -OCH3 is 1. The molecule has 2 fully saturated rings. The van der Waals surface area contributed by atoms with E-state index in [9.17, 15) is 14.7 Å². The standard InChI is InChI=1S/C17H24O6/c1-15(2)6-5-7-16(3)12(15)11(18)8-10(13(19)21-4)17(16)9-22-14(20)23-17/h8,11-12,18H,5-7,9H2,1-4H3/t11-,12-,16-,17+/m0/s1. The first kappa shape index (κ1) is 16.3. The summed E-state index contributed by atoms with van der Waals surface area (Å²) in [7, 11) is 1.28. The van der Waals surface area contributed by atoms with Gasteiger partial charge >= 0.3 is 12.1 Å². The number of esters is 1. The van der Waals surface area contributed by atoms with Crippen LogP contribution in [0.4, 0.5) is 4.79 Å². The van der Waals surface area contributed by atoms with Crippen molar-refractivity contribution in [2.24, 2.45) is 16.7 Å². The molecule has 0 aromatic carbocycles. The van der Waals surface area contributed by atoms with E-state index < -0.39 is 29.2 Å². The molecule has 1 aliphatic heterocycles. The van der Waals surface area contributed by atoms with Gasteiger partial charge < -0.3 is 19.3 Å². The number of cyclic esters (lactones) is 1. The molecule has 1 spiro atoms. The highest BCUT2D eigenvalue weighted by molar-refractivity contribution is 5.92. The SMILES string of the molecule is COC(=O)C1=C[C@H](O)[C@H]2C(C)(C)CCC[C@]2(C)[C@@]12COC(=O)O2. The van der Waals surface area contributed by atoms with Crippen LogP contribution < -0.4 is 0 Å². The summed E-state index contributed by atoms with van der Waals surface area (Å²) in [6.45, 7) is 6.18. The molecule has 1 saturated heterocycles. The lowest BCUT2D eigenvalue weighted by atomic mass is 9.46. The fourth-order valence-electron chi connectivity index (χ4n) is 5.20. The number of fused-ring (bicyclic) bond motifs is 2. The summed E-state index contributed by atoms with van der Waals surface area (Å²) >= 11 is 0. The maximum Gasteiger partial charge on any atom is 0.509 e. The summed E-state index contributed by atoms with van der Waals surface area (Å²) in [5.74, 6) is -0.739. The average molecular weight is 324 g/mol. The molecule has 6 heteroatoms. The zero-order valence-corrected chi connectivity index (χ0v) is 14.0. The number of rotatable bonds is 1. The highest BCUT2D eigenvalue weighted by Gasteiger charge is 2.69.